The number of rotatable bonds is 5. The van der Waals surface area contributed by atoms with E-state index < -0.39 is 11.6 Å². The maximum atomic E-state index is 11.9. The summed E-state index contributed by atoms with van der Waals surface area (Å²) in [6.07, 6.45) is 1.67. The van der Waals surface area contributed by atoms with Gasteiger partial charge in [-0.2, -0.15) is 5.10 Å². The number of aromatic nitrogens is 2. The third-order valence-electron chi connectivity index (χ3n) is 3.23. The minimum atomic E-state index is -1.01. The number of nitrogens with one attached hydrogen (secondary N) is 1. The van der Waals surface area contributed by atoms with E-state index in [2.05, 4.69) is 10.4 Å². The number of aliphatic carboxylic acids is 1. The summed E-state index contributed by atoms with van der Waals surface area (Å²) in [6.45, 7) is 2.62. The molecule has 2 rings (SSSR count). The molecule has 1 saturated heterocycles. The summed E-state index contributed by atoms with van der Waals surface area (Å²) in [4.78, 5) is 23.9. The van der Waals surface area contributed by atoms with Crippen molar-refractivity contribution >= 4 is 12.0 Å². The number of carboxylic acid groups (broad SMARTS) is 1. The Balaban J connectivity index is 1.73. The Bertz CT molecular complexity index is 507. The van der Waals surface area contributed by atoms with Crippen molar-refractivity contribution in [1.29, 1.82) is 0 Å². The van der Waals surface area contributed by atoms with Crippen molar-refractivity contribution in [2.75, 3.05) is 19.7 Å². The molecule has 110 valence electrons. The minimum Gasteiger partial charge on any atom is -0.480 e. The molecule has 1 fully saturated rings. The molecule has 0 radical (unpaired) electrons. The fourth-order valence-corrected chi connectivity index (χ4v) is 2.08. The third kappa shape index (κ3) is 3.27. The van der Waals surface area contributed by atoms with Gasteiger partial charge in [0, 0.05) is 13.2 Å². The van der Waals surface area contributed by atoms with E-state index in [-0.39, 0.29) is 12.6 Å². The number of ether oxygens (including phenoxy) is 1. The molecule has 20 heavy (non-hydrogen) atoms. The van der Waals surface area contributed by atoms with Crippen LogP contribution in [0.25, 0.3) is 0 Å². The van der Waals surface area contributed by atoms with Gasteiger partial charge in [-0.25, -0.2) is 9.59 Å². The van der Waals surface area contributed by atoms with Crippen molar-refractivity contribution in [3.63, 3.8) is 0 Å². The largest absolute Gasteiger partial charge is 0.480 e. The Morgan fingerprint density at radius 2 is 2.25 bits per heavy atom. The van der Waals surface area contributed by atoms with Gasteiger partial charge in [0.2, 0.25) is 0 Å². The molecule has 8 nitrogen and oxygen atoms in total. The van der Waals surface area contributed by atoms with Crippen LogP contribution in [-0.4, -0.2) is 57.1 Å². The van der Waals surface area contributed by atoms with Gasteiger partial charge < -0.3 is 20.1 Å². The second-order valence-corrected chi connectivity index (χ2v) is 5.09. The number of amides is 2. The van der Waals surface area contributed by atoms with Crippen LogP contribution in [0.4, 0.5) is 4.79 Å². The highest BCUT2D eigenvalue weighted by Gasteiger charge is 2.42. The van der Waals surface area contributed by atoms with E-state index in [1.54, 1.807) is 22.7 Å². The van der Waals surface area contributed by atoms with Crippen molar-refractivity contribution in [2.45, 2.75) is 19.1 Å². The minimum absolute atomic E-state index is 0.192. The molecular weight excluding hydrogens is 264 g/mol. The molecule has 2 amide bonds. The first kappa shape index (κ1) is 14.3. The number of hydrogen-bond acceptors (Lipinski definition) is 4. The summed E-state index contributed by atoms with van der Waals surface area (Å²) < 4.78 is 6.93. The predicted octanol–water partition coefficient (Wildman–Crippen LogP) is -0.195. The standard InChI is InChI=1S/C12H18N4O4/c1-12(20-6-10(17)18)7-16(8-12)11(19)13-5-9-3-4-14-15(9)2/h3-4H,5-8H2,1-2H3,(H,13,19)(H,17,18). The SMILES string of the molecule is Cn1nccc1CNC(=O)N1CC(C)(OCC(=O)O)C1. The van der Waals surface area contributed by atoms with Crippen LogP contribution in [0.1, 0.15) is 12.6 Å². The summed E-state index contributed by atoms with van der Waals surface area (Å²) in [6, 6.07) is 1.64. The van der Waals surface area contributed by atoms with Crippen LogP contribution in [0.3, 0.4) is 0 Å². The Hall–Kier alpha value is -2.09. The maximum absolute atomic E-state index is 11.9. The highest BCUT2D eigenvalue weighted by atomic mass is 16.5. The average molecular weight is 282 g/mol. The van der Waals surface area contributed by atoms with Crippen LogP contribution in [0.15, 0.2) is 12.3 Å². The van der Waals surface area contributed by atoms with Gasteiger partial charge in [-0.15, -0.1) is 0 Å². The van der Waals surface area contributed by atoms with Crippen molar-refractivity contribution in [2.24, 2.45) is 7.05 Å². The van der Waals surface area contributed by atoms with Gasteiger partial charge >= 0.3 is 12.0 Å². The number of carbonyl (C=O) groups excluding carboxylic acids is 1. The van der Waals surface area contributed by atoms with E-state index >= 15 is 0 Å². The lowest BCUT2D eigenvalue weighted by Crippen LogP contribution is -2.65. The molecule has 0 aromatic carbocycles. The van der Waals surface area contributed by atoms with Gasteiger partial charge in [0.05, 0.1) is 25.3 Å². The number of aryl methyl sites for hydroxylation is 1. The molecule has 2 N–H and O–H groups in total. The molecule has 0 spiro atoms. The van der Waals surface area contributed by atoms with Gasteiger partial charge in [0.1, 0.15) is 12.2 Å². The van der Waals surface area contributed by atoms with Crippen molar-refractivity contribution in [3.05, 3.63) is 18.0 Å². The van der Waals surface area contributed by atoms with Crippen molar-refractivity contribution in [1.82, 2.24) is 20.0 Å². The summed E-state index contributed by atoms with van der Waals surface area (Å²) >= 11 is 0. The third-order valence-corrected chi connectivity index (χ3v) is 3.23. The number of hydrogen-bond donors (Lipinski definition) is 2. The maximum Gasteiger partial charge on any atom is 0.329 e. The number of likely N-dealkylation sites (tertiary alicyclic amines) is 1. The average Bonchev–Trinajstić information content (AvgIpc) is 2.75. The van der Waals surface area contributed by atoms with Crippen LogP contribution in [0.2, 0.25) is 0 Å². The van der Waals surface area contributed by atoms with Crippen LogP contribution >= 0.6 is 0 Å². The van der Waals surface area contributed by atoms with E-state index in [1.807, 2.05) is 13.1 Å². The number of nitrogens with zero attached hydrogens (tertiary/aromatic N) is 3. The number of carbonyl (C=O) groups is 2. The molecule has 0 unspecified atom stereocenters. The van der Waals surface area contributed by atoms with Gasteiger partial charge in [-0.3, -0.25) is 4.68 Å². The summed E-state index contributed by atoms with van der Waals surface area (Å²) in [5.74, 6) is -1.01. The highest BCUT2D eigenvalue weighted by molar-refractivity contribution is 5.75. The Labute approximate surface area is 116 Å². The first-order chi connectivity index (χ1) is 9.39. The molecule has 0 aliphatic carbocycles. The second-order valence-electron chi connectivity index (χ2n) is 5.09. The lowest BCUT2D eigenvalue weighted by Gasteiger charge is -2.46. The normalized spacial score (nSPS) is 16.6. The van der Waals surface area contributed by atoms with Crippen LogP contribution in [0.5, 0.6) is 0 Å². The molecule has 1 aliphatic rings. The fraction of sp³-hybridized carbons (Fsp3) is 0.583. The molecule has 0 bridgehead atoms. The first-order valence-electron chi connectivity index (χ1n) is 6.25. The van der Waals surface area contributed by atoms with Crippen molar-refractivity contribution in [3.8, 4) is 0 Å². The molecular formula is C12H18N4O4. The van der Waals surface area contributed by atoms with Gasteiger partial charge in [-0.05, 0) is 13.0 Å². The monoisotopic (exact) mass is 282 g/mol. The Morgan fingerprint density at radius 1 is 1.55 bits per heavy atom. The quantitative estimate of drug-likeness (QED) is 0.780. The summed E-state index contributed by atoms with van der Waals surface area (Å²) in [5, 5.41) is 15.4. The zero-order valence-corrected chi connectivity index (χ0v) is 11.5. The lowest BCUT2D eigenvalue weighted by atomic mass is 9.97. The van der Waals surface area contributed by atoms with Gasteiger partial charge in [0.15, 0.2) is 0 Å². The van der Waals surface area contributed by atoms with Crippen LogP contribution in [-0.2, 0) is 23.1 Å². The summed E-state index contributed by atoms with van der Waals surface area (Å²) in [7, 11) is 1.81. The Morgan fingerprint density at radius 3 is 2.80 bits per heavy atom. The topological polar surface area (TPSA) is 96.7 Å². The van der Waals surface area contributed by atoms with Gasteiger partial charge in [0.25, 0.3) is 0 Å². The Kier molecular flexibility index (Phi) is 3.93. The van der Waals surface area contributed by atoms with Crippen molar-refractivity contribution < 1.29 is 19.4 Å². The number of carboxylic acids is 1. The van der Waals surface area contributed by atoms with E-state index in [4.69, 9.17) is 9.84 Å². The predicted molar refractivity (Wildman–Crippen MR) is 69.0 cm³/mol. The molecule has 1 aromatic heterocycles. The lowest BCUT2D eigenvalue weighted by molar-refractivity contribution is -0.159. The second kappa shape index (κ2) is 5.49. The highest BCUT2D eigenvalue weighted by Crippen LogP contribution is 2.24. The zero-order valence-electron chi connectivity index (χ0n) is 11.5. The fourth-order valence-electron chi connectivity index (χ4n) is 2.08. The van der Waals surface area contributed by atoms with Gasteiger partial charge in [-0.1, -0.05) is 0 Å². The number of urea groups is 1. The first-order valence-corrected chi connectivity index (χ1v) is 6.25. The van der Waals surface area contributed by atoms with Crippen LogP contribution < -0.4 is 5.32 Å². The van der Waals surface area contributed by atoms with E-state index in [0.717, 1.165) is 5.69 Å². The molecule has 2 heterocycles. The van der Waals surface area contributed by atoms with Crippen LogP contribution in [0, 0.1) is 0 Å². The smallest absolute Gasteiger partial charge is 0.329 e. The van der Waals surface area contributed by atoms with E-state index in [0.29, 0.717) is 19.6 Å². The molecule has 1 aromatic rings. The molecule has 0 saturated carbocycles. The zero-order chi connectivity index (χ0) is 14.8. The molecule has 8 heteroatoms. The van der Waals surface area contributed by atoms with E-state index in [9.17, 15) is 9.59 Å². The molecule has 0 atom stereocenters. The summed E-state index contributed by atoms with van der Waals surface area (Å²) in [5.41, 5.74) is 0.339. The van der Waals surface area contributed by atoms with E-state index in [1.165, 1.54) is 0 Å². The molecule has 1 aliphatic heterocycles.